The van der Waals surface area contributed by atoms with E-state index in [1.54, 1.807) is 17.5 Å². The topological polar surface area (TPSA) is 84.5 Å². The van der Waals surface area contributed by atoms with Crippen molar-refractivity contribution in [3.63, 3.8) is 0 Å². The Labute approximate surface area is 197 Å². The summed E-state index contributed by atoms with van der Waals surface area (Å²) in [6, 6.07) is 22.0. The standard InChI is InChI=1S/C26H28N6O2/c1-19-28-31(26(34)24-16-23(29-32(19)24)21-10-6-3-7-11-21)18-25(33)27-22-12-14-30(15-13-22)17-20-8-4-2-5-9-20/h2-11,16,22H,12-15,17-18H2,1H3,(H,27,33). The highest BCUT2D eigenvalue weighted by molar-refractivity contribution is 5.76. The molecule has 0 aliphatic carbocycles. The Morgan fingerprint density at radius 2 is 1.68 bits per heavy atom. The van der Waals surface area contributed by atoms with Crippen LogP contribution in [0.4, 0.5) is 0 Å². The van der Waals surface area contributed by atoms with Crippen molar-refractivity contribution in [1.82, 2.24) is 29.6 Å². The van der Waals surface area contributed by atoms with Gasteiger partial charge in [-0.25, -0.2) is 9.20 Å². The van der Waals surface area contributed by atoms with Crippen molar-refractivity contribution in [3.05, 3.63) is 88.5 Å². The third kappa shape index (κ3) is 4.77. The van der Waals surface area contributed by atoms with E-state index < -0.39 is 0 Å². The molecule has 0 atom stereocenters. The molecule has 3 heterocycles. The summed E-state index contributed by atoms with van der Waals surface area (Å²) in [7, 11) is 0. The van der Waals surface area contributed by atoms with Crippen molar-refractivity contribution in [2.24, 2.45) is 0 Å². The average Bonchev–Trinajstić information content (AvgIpc) is 3.31. The molecule has 1 saturated heterocycles. The molecule has 5 rings (SSSR count). The number of carbonyl (C=O) groups is 1. The highest BCUT2D eigenvalue weighted by atomic mass is 16.2. The lowest BCUT2D eigenvalue weighted by Gasteiger charge is -2.32. The molecule has 1 N–H and O–H groups in total. The molecule has 0 bridgehead atoms. The van der Waals surface area contributed by atoms with Gasteiger partial charge in [-0.15, -0.1) is 0 Å². The number of benzene rings is 2. The van der Waals surface area contributed by atoms with Crippen molar-refractivity contribution in [1.29, 1.82) is 0 Å². The van der Waals surface area contributed by atoms with Crippen LogP contribution >= 0.6 is 0 Å². The van der Waals surface area contributed by atoms with Crippen LogP contribution in [0, 0.1) is 6.92 Å². The fraction of sp³-hybridized carbons (Fsp3) is 0.308. The quantitative estimate of drug-likeness (QED) is 0.482. The number of nitrogens with one attached hydrogen (secondary N) is 1. The van der Waals surface area contributed by atoms with E-state index in [0.717, 1.165) is 38.0 Å². The lowest BCUT2D eigenvalue weighted by molar-refractivity contribution is -0.123. The summed E-state index contributed by atoms with van der Waals surface area (Å²) in [5.74, 6) is 0.362. The Hall–Kier alpha value is -3.78. The van der Waals surface area contributed by atoms with Crippen LogP contribution in [0.15, 0.2) is 71.5 Å². The first-order valence-electron chi connectivity index (χ1n) is 11.7. The fourth-order valence-corrected chi connectivity index (χ4v) is 4.52. The van der Waals surface area contributed by atoms with E-state index in [1.807, 2.05) is 36.4 Å². The van der Waals surface area contributed by atoms with Gasteiger partial charge >= 0.3 is 0 Å². The number of carbonyl (C=O) groups excluding carboxylic acids is 1. The second kappa shape index (κ2) is 9.61. The minimum Gasteiger partial charge on any atom is -0.352 e. The zero-order valence-electron chi connectivity index (χ0n) is 19.2. The molecule has 1 fully saturated rings. The fourth-order valence-electron chi connectivity index (χ4n) is 4.52. The molecular formula is C26H28N6O2. The van der Waals surface area contributed by atoms with E-state index in [2.05, 4.69) is 44.7 Å². The zero-order chi connectivity index (χ0) is 23.5. The second-order valence-corrected chi connectivity index (χ2v) is 8.81. The van der Waals surface area contributed by atoms with Gasteiger partial charge < -0.3 is 5.32 Å². The lowest BCUT2D eigenvalue weighted by Crippen LogP contribution is -2.46. The Kier molecular flexibility index (Phi) is 6.22. The first kappa shape index (κ1) is 22.0. The molecule has 0 unspecified atom stereocenters. The third-order valence-corrected chi connectivity index (χ3v) is 6.30. The van der Waals surface area contributed by atoms with E-state index in [4.69, 9.17) is 0 Å². The summed E-state index contributed by atoms with van der Waals surface area (Å²) >= 11 is 0. The molecule has 8 heteroatoms. The third-order valence-electron chi connectivity index (χ3n) is 6.30. The van der Waals surface area contributed by atoms with Gasteiger partial charge in [-0.2, -0.15) is 10.2 Å². The van der Waals surface area contributed by atoms with Crippen LogP contribution in [0.2, 0.25) is 0 Å². The smallest absolute Gasteiger partial charge is 0.293 e. The lowest BCUT2D eigenvalue weighted by atomic mass is 10.0. The molecule has 8 nitrogen and oxygen atoms in total. The predicted octanol–water partition coefficient (Wildman–Crippen LogP) is 2.65. The predicted molar refractivity (Wildman–Crippen MR) is 130 cm³/mol. The number of hydrogen-bond acceptors (Lipinski definition) is 5. The molecule has 0 spiro atoms. The maximum Gasteiger partial charge on any atom is 0.293 e. The highest BCUT2D eigenvalue weighted by Crippen LogP contribution is 2.18. The van der Waals surface area contributed by atoms with Crippen LogP contribution < -0.4 is 10.9 Å². The first-order chi connectivity index (χ1) is 16.6. The SMILES string of the molecule is Cc1nn(CC(=O)NC2CCN(Cc3ccccc3)CC2)c(=O)c2cc(-c3ccccc3)nn12. The van der Waals surface area contributed by atoms with Crippen LogP contribution in [0.3, 0.4) is 0 Å². The van der Waals surface area contributed by atoms with Crippen molar-refractivity contribution in [2.75, 3.05) is 13.1 Å². The minimum absolute atomic E-state index is 0.105. The number of rotatable bonds is 6. The van der Waals surface area contributed by atoms with Gasteiger partial charge in [0.05, 0.1) is 5.69 Å². The van der Waals surface area contributed by atoms with Gasteiger partial charge in [0.25, 0.3) is 5.56 Å². The molecule has 1 amide bonds. The van der Waals surface area contributed by atoms with Gasteiger partial charge in [0, 0.05) is 31.2 Å². The van der Waals surface area contributed by atoms with Crippen LogP contribution in [0.5, 0.6) is 0 Å². The van der Waals surface area contributed by atoms with Gasteiger partial charge in [0.15, 0.2) is 0 Å². The molecule has 0 radical (unpaired) electrons. The number of aromatic nitrogens is 4. The number of likely N-dealkylation sites (tertiary alicyclic amines) is 1. The summed E-state index contributed by atoms with van der Waals surface area (Å²) in [6.45, 7) is 4.47. The van der Waals surface area contributed by atoms with E-state index in [0.29, 0.717) is 17.0 Å². The highest BCUT2D eigenvalue weighted by Gasteiger charge is 2.22. The molecular weight excluding hydrogens is 428 g/mol. The molecule has 1 aliphatic rings. The van der Waals surface area contributed by atoms with E-state index in [1.165, 1.54) is 10.2 Å². The van der Waals surface area contributed by atoms with Crippen molar-refractivity contribution < 1.29 is 4.79 Å². The summed E-state index contributed by atoms with van der Waals surface area (Å²) in [6.07, 6.45) is 1.78. The van der Waals surface area contributed by atoms with Crippen LogP contribution in [0.1, 0.15) is 24.2 Å². The molecule has 0 saturated carbocycles. The number of piperidine rings is 1. The van der Waals surface area contributed by atoms with Crippen LogP contribution in [-0.2, 0) is 17.9 Å². The van der Waals surface area contributed by atoms with Gasteiger partial charge in [-0.1, -0.05) is 60.7 Å². The first-order valence-corrected chi connectivity index (χ1v) is 11.7. The normalized spacial score (nSPS) is 15.0. The van der Waals surface area contributed by atoms with Crippen LogP contribution in [0.25, 0.3) is 16.8 Å². The Bertz CT molecular complexity index is 1340. The summed E-state index contributed by atoms with van der Waals surface area (Å²) in [5, 5.41) is 12.0. The largest absolute Gasteiger partial charge is 0.352 e. The Balaban J connectivity index is 1.22. The second-order valence-electron chi connectivity index (χ2n) is 8.81. The van der Waals surface area contributed by atoms with Gasteiger partial charge in [-0.3, -0.25) is 14.5 Å². The summed E-state index contributed by atoms with van der Waals surface area (Å²) in [4.78, 5) is 28.2. The number of hydrogen-bond donors (Lipinski definition) is 1. The Morgan fingerprint density at radius 3 is 2.38 bits per heavy atom. The molecule has 1 aliphatic heterocycles. The van der Waals surface area contributed by atoms with E-state index in [-0.39, 0.29) is 24.1 Å². The molecule has 2 aromatic heterocycles. The molecule has 34 heavy (non-hydrogen) atoms. The Morgan fingerprint density at radius 1 is 1.00 bits per heavy atom. The van der Waals surface area contributed by atoms with Gasteiger partial charge in [0.1, 0.15) is 17.9 Å². The van der Waals surface area contributed by atoms with Crippen molar-refractivity contribution in [2.45, 2.75) is 38.9 Å². The van der Waals surface area contributed by atoms with Crippen LogP contribution in [-0.4, -0.2) is 49.3 Å². The minimum atomic E-state index is -0.326. The molecule has 4 aromatic rings. The molecule has 2 aromatic carbocycles. The maximum atomic E-state index is 13.0. The average molecular weight is 457 g/mol. The summed E-state index contributed by atoms with van der Waals surface area (Å²) in [5.41, 5.74) is 3.01. The number of amides is 1. The van der Waals surface area contributed by atoms with E-state index in [9.17, 15) is 9.59 Å². The summed E-state index contributed by atoms with van der Waals surface area (Å²) < 4.78 is 2.78. The van der Waals surface area contributed by atoms with Crippen molar-refractivity contribution in [3.8, 4) is 11.3 Å². The number of fused-ring (bicyclic) bond motifs is 1. The van der Waals surface area contributed by atoms with E-state index >= 15 is 0 Å². The number of aryl methyl sites for hydroxylation is 1. The monoisotopic (exact) mass is 456 g/mol. The maximum absolute atomic E-state index is 13.0. The van der Waals surface area contributed by atoms with Crippen molar-refractivity contribution >= 4 is 11.4 Å². The number of nitrogens with zero attached hydrogens (tertiary/aromatic N) is 5. The zero-order valence-corrected chi connectivity index (χ0v) is 19.2. The van der Waals surface area contributed by atoms with Gasteiger partial charge in [-0.05, 0) is 31.4 Å². The van der Waals surface area contributed by atoms with Gasteiger partial charge in [0.2, 0.25) is 5.91 Å². The molecule has 174 valence electrons.